The molecule has 1 rings (SSSR count). The molecule has 0 aromatic carbocycles. The van der Waals surface area contributed by atoms with E-state index in [0.717, 1.165) is 18.7 Å². The van der Waals surface area contributed by atoms with Crippen molar-refractivity contribution in [3.8, 4) is 0 Å². The molecular weight excluding hydrogens is 176 g/mol. The molecule has 0 radical (unpaired) electrons. The van der Waals surface area contributed by atoms with E-state index in [9.17, 15) is 0 Å². The van der Waals surface area contributed by atoms with Gasteiger partial charge in [0.1, 0.15) is 5.82 Å². The maximum atomic E-state index is 5.66. The van der Waals surface area contributed by atoms with E-state index in [4.69, 9.17) is 11.6 Å². The Morgan fingerprint density at radius 1 is 1.33 bits per heavy atom. The highest BCUT2D eigenvalue weighted by atomic mass is 35.5. The highest BCUT2D eigenvalue weighted by Crippen LogP contribution is 2.06. The maximum Gasteiger partial charge on any atom is 0.227 e. The Labute approximate surface area is 76.4 Å². The number of hydrogen-bond acceptors (Lipinski definition) is 4. The number of halogens is 1. The van der Waals surface area contributed by atoms with Gasteiger partial charge >= 0.3 is 0 Å². The zero-order valence-corrected chi connectivity index (χ0v) is 7.89. The first-order valence-corrected chi connectivity index (χ1v) is 4.22. The molecule has 5 heteroatoms. The summed E-state index contributed by atoms with van der Waals surface area (Å²) in [5.41, 5.74) is 0. The van der Waals surface area contributed by atoms with Crippen molar-refractivity contribution >= 4 is 17.5 Å². The van der Waals surface area contributed by atoms with Gasteiger partial charge in [-0.1, -0.05) is 6.92 Å². The van der Waals surface area contributed by atoms with Crippen LogP contribution >= 0.6 is 11.6 Å². The number of anilines is 1. The van der Waals surface area contributed by atoms with Crippen molar-refractivity contribution in [2.75, 3.05) is 12.4 Å². The summed E-state index contributed by atoms with van der Waals surface area (Å²) in [6.07, 6.45) is 1.83. The molecular formula is C7H11ClN4. The first-order valence-electron chi connectivity index (χ1n) is 3.84. The van der Waals surface area contributed by atoms with E-state index in [-0.39, 0.29) is 5.28 Å². The second-order valence-electron chi connectivity index (χ2n) is 2.34. The quantitative estimate of drug-likeness (QED) is 0.778. The molecule has 0 spiro atoms. The molecule has 0 saturated heterocycles. The van der Waals surface area contributed by atoms with Crippen molar-refractivity contribution in [2.45, 2.75) is 19.8 Å². The fourth-order valence-corrected chi connectivity index (χ4v) is 1.02. The molecule has 12 heavy (non-hydrogen) atoms. The first kappa shape index (κ1) is 9.19. The fraction of sp³-hybridized carbons (Fsp3) is 0.571. The van der Waals surface area contributed by atoms with Gasteiger partial charge < -0.3 is 5.32 Å². The molecule has 66 valence electrons. The van der Waals surface area contributed by atoms with E-state index in [1.807, 2.05) is 0 Å². The summed E-state index contributed by atoms with van der Waals surface area (Å²) in [5.74, 6) is 1.26. The van der Waals surface area contributed by atoms with Gasteiger partial charge in [-0.3, -0.25) is 0 Å². The lowest BCUT2D eigenvalue weighted by molar-refractivity contribution is 0.819. The fourth-order valence-electron chi connectivity index (χ4n) is 0.838. The second-order valence-corrected chi connectivity index (χ2v) is 2.68. The average Bonchev–Trinajstić information content (AvgIpc) is 2.04. The van der Waals surface area contributed by atoms with E-state index in [1.165, 1.54) is 0 Å². The van der Waals surface area contributed by atoms with Crippen LogP contribution < -0.4 is 5.32 Å². The molecule has 1 heterocycles. The van der Waals surface area contributed by atoms with Gasteiger partial charge in [-0.2, -0.15) is 9.97 Å². The van der Waals surface area contributed by atoms with E-state index in [0.29, 0.717) is 5.95 Å². The summed E-state index contributed by atoms with van der Waals surface area (Å²) in [4.78, 5) is 12.0. The molecule has 0 aliphatic heterocycles. The number of rotatable bonds is 3. The van der Waals surface area contributed by atoms with Crippen LogP contribution in [0.15, 0.2) is 0 Å². The van der Waals surface area contributed by atoms with Gasteiger partial charge in [0.2, 0.25) is 11.2 Å². The summed E-state index contributed by atoms with van der Waals surface area (Å²) < 4.78 is 0. The molecule has 0 saturated carbocycles. The Balaban J connectivity index is 2.90. The Morgan fingerprint density at radius 3 is 2.67 bits per heavy atom. The summed E-state index contributed by atoms with van der Waals surface area (Å²) in [6.45, 7) is 2.07. The van der Waals surface area contributed by atoms with Gasteiger partial charge in [0.25, 0.3) is 0 Å². The van der Waals surface area contributed by atoms with Crippen LogP contribution in [-0.2, 0) is 6.42 Å². The third kappa shape index (κ3) is 2.30. The number of nitrogens with one attached hydrogen (secondary N) is 1. The molecule has 0 aliphatic rings. The predicted molar refractivity (Wildman–Crippen MR) is 48.4 cm³/mol. The van der Waals surface area contributed by atoms with Crippen molar-refractivity contribution in [3.63, 3.8) is 0 Å². The van der Waals surface area contributed by atoms with Crippen molar-refractivity contribution in [3.05, 3.63) is 11.1 Å². The van der Waals surface area contributed by atoms with Gasteiger partial charge in [-0.15, -0.1) is 0 Å². The van der Waals surface area contributed by atoms with Gasteiger partial charge in [-0.05, 0) is 18.0 Å². The van der Waals surface area contributed by atoms with Crippen molar-refractivity contribution in [1.82, 2.24) is 15.0 Å². The zero-order chi connectivity index (χ0) is 8.97. The summed E-state index contributed by atoms with van der Waals surface area (Å²) in [6, 6.07) is 0. The van der Waals surface area contributed by atoms with Crippen LogP contribution in [0, 0.1) is 0 Å². The molecule has 4 nitrogen and oxygen atoms in total. The first-order chi connectivity index (χ1) is 5.76. The molecule has 0 fully saturated rings. The minimum atomic E-state index is 0.248. The lowest BCUT2D eigenvalue weighted by Gasteiger charge is -2.01. The largest absolute Gasteiger partial charge is 0.357 e. The van der Waals surface area contributed by atoms with Crippen LogP contribution in [0.3, 0.4) is 0 Å². The molecule has 1 aromatic heterocycles. The Hall–Kier alpha value is -0.900. The maximum absolute atomic E-state index is 5.66. The topological polar surface area (TPSA) is 50.7 Å². The number of hydrogen-bond donors (Lipinski definition) is 1. The molecule has 0 unspecified atom stereocenters. The predicted octanol–water partition coefficient (Wildman–Crippen LogP) is 1.52. The van der Waals surface area contributed by atoms with Gasteiger partial charge in [0.15, 0.2) is 0 Å². The Kier molecular flexibility index (Phi) is 3.22. The second kappa shape index (κ2) is 4.21. The summed E-state index contributed by atoms with van der Waals surface area (Å²) >= 11 is 5.66. The average molecular weight is 187 g/mol. The van der Waals surface area contributed by atoms with Crippen LogP contribution in [0.5, 0.6) is 0 Å². The third-order valence-electron chi connectivity index (χ3n) is 1.35. The smallest absolute Gasteiger partial charge is 0.227 e. The highest BCUT2D eigenvalue weighted by Gasteiger charge is 2.01. The molecule has 0 aliphatic carbocycles. The molecule has 1 aromatic rings. The lowest BCUT2D eigenvalue weighted by atomic mass is 10.3. The minimum Gasteiger partial charge on any atom is -0.357 e. The van der Waals surface area contributed by atoms with Crippen molar-refractivity contribution in [1.29, 1.82) is 0 Å². The van der Waals surface area contributed by atoms with Crippen LogP contribution in [-0.4, -0.2) is 22.0 Å². The Bertz CT molecular complexity index is 264. The van der Waals surface area contributed by atoms with E-state index in [2.05, 4.69) is 27.2 Å². The third-order valence-corrected chi connectivity index (χ3v) is 1.52. The van der Waals surface area contributed by atoms with Gasteiger partial charge in [0.05, 0.1) is 0 Å². The van der Waals surface area contributed by atoms with Gasteiger partial charge in [-0.25, -0.2) is 4.98 Å². The number of nitrogens with zero attached hydrogens (tertiary/aromatic N) is 3. The van der Waals surface area contributed by atoms with Crippen LogP contribution in [0.25, 0.3) is 0 Å². The number of aromatic nitrogens is 3. The van der Waals surface area contributed by atoms with E-state index in [1.54, 1.807) is 7.05 Å². The monoisotopic (exact) mass is 186 g/mol. The molecule has 1 N–H and O–H groups in total. The summed E-state index contributed by atoms with van der Waals surface area (Å²) in [7, 11) is 1.75. The van der Waals surface area contributed by atoms with Gasteiger partial charge in [0, 0.05) is 13.5 Å². The molecule has 0 amide bonds. The van der Waals surface area contributed by atoms with Crippen molar-refractivity contribution < 1.29 is 0 Å². The van der Waals surface area contributed by atoms with Crippen molar-refractivity contribution in [2.24, 2.45) is 0 Å². The lowest BCUT2D eigenvalue weighted by Crippen LogP contribution is -2.03. The van der Waals surface area contributed by atoms with Crippen LogP contribution in [0.4, 0.5) is 5.95 Å². The SMILES string of the molecule is CCCc1nc(Cl)nc(NC)n1. The normalized spacial score (nSPS) is 9.92. The Morgan fingerprint density at radius 2 is 2.08 bits per heavy atom. The molecule has 0 bridgehead atoms. The van der Waals surface area contributed by atoms with E-state index < -0.39 is 0 Å². The van der Waals surface area contributed by atoms with Crippen LogP contribution in [0.1, 0.15) is 19.2 Å². The summed E-state index contributed by atoms with van der Waals surface area (Å²) in [5, 5.41) is 3.07. The minimum absolute atomic E-state index is 0.248. The number of aryl methyl sites for hydroxylation is 1. The standard InChI is InChI=1S/C7H11ClN4/c1-3-4-5-10-6(8)12-7(9-2)11-5/h3-4H2,1-2H3,(H,9,10,11,12). The molecule has 0 atom stereocenters. The van der Waals surface area contributed by atoms with Crippen LogP contribution in [0.2, 0.25) is 5.28 Å². The van der Waals surface area contributed by atoms with E-state index >= 15 is 0 Å². The zero-order valence-electron chi connectivity index (χ0n) is 7.13. The highest BCUT2D eigenvalue weighted by molar-refractivity contribution is 6.28.